The van der Waals surface area contributed by atoms with Gasteiger partial charge in [-0.3, -0.25) is 9.78 Å². The van der Waals surface area contributed by atoms with E-state index < -0.39 is 0 Å². The first-order chi connectivity index (χ1) is 17.5. The van der Waals surface area contributed by atoms with Crippen LogP contribution in [-0.4, -0.2) is 20.4 Å². The van der Waals surface area contributed by atoms with E-state index in [0.717, 1.165) is 39.6 Å². The van der Waals surface area contributed by atoms with Crippen LogP contribution in [0.3, 0.4) is 0 Å². The van der Waals surface area contributed by atoms with E-state index in [9.17, 15) is 4.79 Å². The van der Waals surface area contributed by atoms with Crippen LogP contribution in [-0.2, 0) is 18.8 Å². The van der Waals surface area contributed by atoms with Gasteiger partial charge in [0.1, 0.15) is 0 Å². The van der Waals surface area contributed by atoms with Gasteiger partial charge in [-0.2, -0.15) is 0 Å². The van der Waals surface area contributed by atoms with Gasteiger partial charge in [-0.25, -0.2) is 4.98 Å². The van der Waals surface area contributed by atoms with Crippen LogP contribution in [0.1, 0.15) is 38.2 Å². The molecule has 0 saturated heterocycles. The second kappa shape index (κ2) is 10.8. The lowest BCUT2D eigenvalue weighted by molar-refractivity contribution is 0.0951. The third kappa shape index (κ3) is 5.66. The van der Waals surface area contributed by atoms with E-state index in [1.807, 2.05) is 48.7 Å². The lowest BCUT2D eigenvalue weighted by Gasteiger charge is -2.10. The molecule has 2 aromatic heterocycles. The minimum absolute atomic E-state index is 0.0674. The molecule has 6 heteroatoms. The molecular weight excluding hydrogens is 464 g/mol. The molecule has 0 atom stereocenters. The lowest BCUT2D eigenvalue weighted by Crippen LogP contribution is -2.22. The van der Waals surface area contributed by atoms with Gasteiger partial charge in [-0.05, 0) is 48.7 Å². The molecule has 5 aromatic rings. The number of imidazole rings is 1. The van der Waals surface area contributed by atoms with Gasteiger partial charge in [0.15, 0.2) is 5.16 Å². The molecule has 0 fully saturated rings. The molecule has 0 bridgehead atoms. The van der Waals surface area contributed by atoms with Gasteiger partial charge in [0.05, 0.1) is 23.8 Å². The summed E-state index contributed by atoms with van der Waals surface area (Å²) < 4.78 is 2.23. The Morgan fingerprint density at radius 2 is 1.47 bits per heavy atom. The number of thioether (sulfide) groups is 1. The summed E-state index contributed by atoms with van der Waals surface area (Å²) in [5.74, 6) is 0.692. The lowest BCUT2D eigenvalue weighted by atomic mass is 10.1. The molecule has 0 aliphatic rings. The van der Waals surface area contributed by atoms with Crippen LogP contribution < -0.4 is 5.32 Å². The summed E-state index contributed by atoms with van der Waals surface area (Å²) in [5, 5.41) is 3.95. The molecule has 180 valence electrons. The van der Waals surface area contributed by atoms with Crippen molar-refractivity contribution in [3.63, 3.8) is 0 Å². The number of fused-ring (bicyclic) bond motifs is 1. The second-order valence-electron chi connectivity index (χ2n) is 8.98. The number of hydrogen-bond donors (Lipinski definition) is 1. The molecular formula is C30H28N4OS. The van der Waals surface area contributed by atoms with Crippen molar-refractivity contribution in [2.45, 2.75) is 37.8 Å². The summed E-state index contributed by atoms with van der Waals surface area (Å²) in [6.45, 7) is 5.41. The van der Waals surface area contributed by atoms with E-state index in [1.165, 1.54) is 16.7 Å². The predicted octanol–water partition coefficient (Wildman–Crippen LogP) is 6.32. The number of benzene rings is 3. The molecule has 1 N–H and O–H groups in total. The quantitative estimate of drug-likeness (QED) is 0.258. The smallest absolute Gasteiger partial charge is 0.251 e. The first-order valence-corrected chi connectivity index (χ1v) is 12.9. The number of carbonyl (C=O) groups excluding carboxylic acids is 1. The molecule has 0 spiro atoms. The van der Waals surface area contributed by atoms with Crippen molar-refractivity contribution < 1.29 is 4.79 Å². The molecule has 3 aromatic carbocycles. The molecule has 0 radical (unpaired) electrons. The zero-order valence-corrected chi connectivity index (χ0v) is 21.3. The number of pyridine rings is 1. The Balaban J connectivity index is 1.25. The molecule has 1 amide bonds. The number of carbonyl (C=O) groups is 1. The fraction of sp³-hybridized carbons (Fsp3) is 0.167. The molecule has 2 heterocycles. The largest absolute Gasteiger partial charge is 0.348 e. The third-order valence-electron chi connectivity index (χ3n) is 6.13. The Kier molecular flexibility index (Phi) is 7.14. The second-order valence-corrected chi connectivity index (χ2v) is 9.93. The molecule has 0 aliphatic heterocycles. The maximum atomic E-state index is 12.6. The topological polar surface area (TPSA) is 59.8 Å². The monoisotopic (exact) mass is 492 g/mol. The predicted molar refractivity (Wildman–Crippen MR) is 146 cm³/mol. The van der Waals surface area contributed by atoms with Crippen molar-refractivity contribution in [2.75, 3.05) is 0 Å². The molecule has 0 saturated carbocycles. The number of nitrogens with one attached hydrogen (secondary N) is 1. The van der Waals surface area contributed by atoms with Crippen LogP contribution in [0.4, 0.5) is 0 Å². The highest BCUT2D eigenvalue weighted by molar-refractivity contribution is 7.98. The maximum absolute atomic E-state index is 12.6. The van der Waals surface area contributed by atoms with Crippen LogP contribution in [0, 0.1) is 13.8 Å². The zero-order valence-electron chi connectivity index (χ0n) is 20.4. The van der Waals surface area contributed by atoms with Crippen LogP contribution in [0.15, 0.2) is 96.4 Å². The first-order valence-electron chi connectivity index (χ1n) is 12.0. The summed E-state index contributed by atoms with van der Waals surface area (Å²) in [7, 11) is 0. The van der Waals surface area contributed by atoms with E-state index in [-0.39, 0.29) is 5.91 Å². The number of hydrogen-bond acceptors (Lipinski definition) is 4. The number of aromatic nitrogens is 3. The van der Waals surface area contributed by atoms with Crippen LogP contribution >= 0.6 is 11.8 Å². The summed E-state index contributed by atoms with van der Waals surface area (Å²) >= 11 is 1.69. The van der Waals surface area contributed by atoms with Crippen molar-refractivity contribution >= 4 is 28.7 Å². The maximum Gasteiger partial charge on any atom is 0.251 e. The van der Waals surface area contributed by atoms with E-state index in [0.29, 0.717) is 12.1 Å². The Hall–Kier alpha value is -3.90. The highest BCUT2D eigenvalue weighted by Gasteiger charge is 2.13. The van der Waals surface area contributed by atoms with E-state index in [4.69, 9.17) is 4.98 Å². The number of rotatable bonds is 8. The van der Waals surface area contributed by atoms with Gasteiger partial charge in [-0.15, -0.1) is 0 Å². The number of aryl methyl sites for hydroxylation is 2. The molecule has 5 rings (SSSR count). The van der Waals surface area contributed by atoms with Gasteiger partial charge < -0.3 is 9.88 Å². The highest BCUT2D eigenvalue weighted by Crippen LogP contribution is 2.27. The van der Waals surface area contributed by atoms with Gasteiger partial charge in [0, 0.05) is 24.1 Å². The van der Waals surface area contributed by atoms with Crippen LogP contribution in [0.2, 0.25) is 0 Å². The van der Waals surface area contributed by atoms with Crippen LogP contribution in [0.5, 0.6) is 0 Å². The van der Waals surface area contributed by atoms with Crippen molar-refractivity contribution in [3.05, 3.63) is 125 Å². The van der Waals surface area contributed by atoms with E-state index in [1.54, 1.807) is 18.0 Å². The highest BCUT2D eigenvalue weighted by atomic mass is 32.2. The minimum Gasteiger partial charge on any atom is -0.348 e. The Morgan fingerprint density at radius 1 is 0.833 bits per heavy atom. The zero-order chi connectivity index (χ0) is 24.9. The first kappa shape index (κ1) is 23.8. The normalized spacial score (nSPS) is 11.1. The SMILES string of the molecule is Cc1ccc(CNC(=O)c2ccc(CSc3nc4ccncc4n3Cc3ccc(C)cc3)cc2)cc1. The summed E-state index contributed by atoms with van der Waals surface area (Å²) in [4.78, 5) is 21.8. The molecule has 0 unspecified atom stereocenters. The van der Waals surface area contributed by atoms with Crippen molar-refractivity contribution in [1.82, 2.24) is 19.9 Å². The summed E-state index contributed by atoms with van der Waals surface area (Å²) in [6.07, 6.45) is 3.66. The van der Waals surface area contributed by atoms with Crippen molar-refractivity contribution in [3.8, 4) is 0 Å². The number of nitrogens with zero attached hydrogens (tertiary/aromatic N) is 3. The van der Waals surface area contributed by atoms with Crippen LogP contribution in [0.25, 0.3) is 11.0 Å². The van der Waals surface area contributed by atoms with Crippen molar-refractivity contribution in [1.29, 1.82) is 0 Å². The Morgan fingerprint density at radius 3 is 2.17 bits per heavy atom. The van der Waals surface area contributed by atoms with Gasteiger partial charge in [0.25, 0.3) is 5.91 Å². The van der Waals surface area contributed by atoms with E-state index in [2.05, 4.69) is 65.1 Å². The summed E-state index contributed by atoms with van der Waals surface area (Å²) in [5.41, 5.74) is 8.55. The van der Waals surface area contributed by atoms with E-state index >= 15 is 0 Å². The van der Waals surface area contributed by atoms with Gasteiger partial charge in [0.2, 0.25) is 0 Å². The Labute approximate surface area is 215 Å². The van der Waals surface area contributed by atoms with Gasteiger partial charge >= 0.3 is 0 Å². The average molecular weight is 493 g/mol. The van der Waals surface area contributed by atoms with Crippen molar-refractivity contribution in [2.24, 2.45) is 0 Å². The number of amides is 1. The molecule has 36 heavy (non-hydrogen) atoms. The minimum atomic E-state index is -0.0674. The van der Waals surface area contributed by atoms with Gasteiger partial charge in [-0.1, -0.05) is 83.6 Å². The standard InChI is InChI=1S/C30H28N4OS/c1-21-3-7-23(8-4-21)17-32-29(35)26-13-11-25(12-14-26)20-36-30-33-27-15-16-31-18-28(27)34(30)19-24-9-5-22(2)6-10-24/h3-16,18H,17,19-20H2,1-2H3,(H,32,35). The fourth-order valence-corrected chi connectivity index (χ4v) is 4.95. The molecule has 0 aliphatic carbocycles. The fourth-order valence-electron chi connectivity index (χ4n) is 3.98. The Bertz CT molecular complexity index is 1470. The summed E-state index contributed by atoms with van der Waals surface area (Å²) in [6, 6.07) is 26.5. The average Bonchev–Trinajstić information content (AvgIpc) is 3.25. The molecule has 5 nitrogen and oxygen atoms in total. The third-order valence-corrected chi connectivity index (χ3v) is 7.18.